The maximum atomic E-state index is 12.8. The fourth-order valence-electron chi connectivity index (χ4n) is 2.95. The summed E-state index contributed by atoms with van der Waals surface area (Å²) in [6.07, 6.45) is 5.03. The number of unbranched alkanes of at least 4 members (excludes halogenated alkanes) is 1. The number of sulfonamides is 1. The van der Waals surface area contributed by atoms with Gasteiger partial charge in [-0.05, 0) is 48.9 Å². The Bertz CT molecular complexity index is 828. The van der Waals surface area contributed by atoms with E-state index in [1.54, 1.807) is 24.3 Å². The number of hydrogen-bond donors (Lipinski definition) is 0. The van der Waals surface area contributed by atoms with Gasteiger partial charge in [-0.25, -0.2) is 0 Å². The largest absolute Gasteiger partial charge is 0.279 e. The molecular formula is C20H24N2O2S. The highest BCUT2D eigenvalue weighted by Gasteiger charge is 2.26. The molecule has 5 heteroatoms. The van der Waals surface area contributed by atoms with E-state index in [1.165, 1.54) is 22.8 Å². The highest BCUT2D eigenvalue weighted by molar-refractivity contribution is 7.89. The molecule has 3 rings (SSSR count). The Balaban J connectivity index is 1.83. The van der Waals surface area contributed by atoms with Gasteiger partial charge >= 0.3 is 0 Å². The Labute approximate surface area is 150 Å². The second-order valence-corrected chi connectivity index (χ2v) is 8.16. The molecule has 0 spiro atoms. The maximum absolute atomic E-state index is 12.8. The smallest absolute Gasteiger partial charge is 0.200 e. The van der Waals surface area contributed by atoms with Gasteiger partial charge in [0.1, 0.15) is 0 Å². The second-order valence-electron chi connectivity index (χ2n) is 6.31. The van der Waals surface area contributed by atoms with Crippen LogP contribution in [0, 0.1) is 0 Å². The lowest BCUT2D eigenvalue weighted by Gasteiger charge is -2.25. The second kappa shape index (κ2) is 7.83. The van der Waals surface area contributed by atoms with Gasteiger partial charge in [-0.3, -0.25) is 0 Å². The van der Waals surface area contributed by atoms with Crippen molar-refractivity contribution < 1.29 is 8.42 Å². The molecule has 0 amide bonds. The number of nitrogens with zero attached hydrogens (tertiary/aromatic N) is 2. The first-order valence-corrected chi connectivity index (χ1v) is 10.3. The summed E-state index contributed by atoms with van der Waals surface area (Å²) in [5.74, 6) is 0. The predicted octanol–water partition coefficient (Wildman–Crippen LogP) is 4.22. The molecule has 2 aromatic rings. The third-order valence-electron chi connectivity index (χ3n) is 4.42. The lowest BCUT2D eigenvalue weighted by Crippen LogP contribution is -2.32. The first-order valence-electron chi connectivity index (χ1n) is 8.86. The number of aryl methyl sites for hydroxylation is 1. The van der Waals surface area contributed by atoms with Crippen molar-refractivity contribution in [2.24, 2.45) is 5.10 Å². The summed E-state index contributed by atoms with van der Waals surface area (Å²) in [5, 5.41) is 4.45. The van der Waals surface area contributed by atoms with Crippen LogP contribution >= 0.6 is 0 Å². The molecule has 0 bridgehead atoms. The van der Waals surface area contributed by atoms with Crippen LogP contribution in [0.15, 0.2) is 64.6 Å². The normalized spacial score (nSPS) is 15.1. The lowest BCUT2D eigenvalue weighted by molar-refractivity contribution is 0.410. The van der Waals surface area contributed by atoms with E-state index in [4.69, 9.17) is 0 Å². The summed E-state index contributed by atoms with van der Waals surface area (Å²) in [6, 6.07) is 16.9. The summed E-state index contributed by atoms with van der Waals surface area (Å²) in [7, 11) is -3.58. The molecule has 4 nitrogen and oxygen atoms in total. The zero-order valence-electron chi connectivity index (χ0n) is 14.6. The van der Waals surface area contributed by atoms with Crippen LogP contribution in [-0.2, 0) is 16.4 Å². The molecule has 0 saturated carbocycles. The maximum Gasteiger partial charge on any atom is 0.279 e. The Kier molecular flexibility index (Phi) is 5.53. The average molecular weight is 356 g/mol. The quantitative estimate of drug-likeness (QED) is 0.778. The van der Waals surface area contributed by atoms with Gasteiger partial charge in [0, 0.05) is 0 Å². The molecule has 25 heavy (non-hydrogen) atoms. The summed E-state index contributed by atoms with van der Waals surface area (Å²) in [6.45, 7) is 2.61. The third kappa shape index (κ3) is 4.10. The van der Waals surface area contributed by atoms with Crippen molar-refractivity contribution >= 4 is 15.7 Å². The Hall–Kier alpha value is -2.14. The lowest BCUT2D eigenvalue weighted by atomic mass is 10.0. The highest BCUT2D eigenvalue weighted by Crippen LogP contribution is 2.22. The molecule has 0 unspecified atom stereocenters. The first kappa shape index (κ1) is 17.7. The van der Waals surface area contributed by atoms with Gasteiger partial charge in [-0.15, -0.1) is 0 Å². The van der Waals surface area contributed by atoms with E-state index in [-0.39, 0.29) is 4.90 Å². The molecule has 0 saturated heterocycles. The minimum Gasteiger partial charge on any atom is -0.200 e. The Morgan fingerprint density at radius 2 is 1.76 bits per heavy atom. The first-order chi connectivity index (χ1) is 12.1. The predicted molar refractivity (Wildman–Crippen MR) is 101 cm³/mol. The highest BCUT2D eigenvalue weighted by atomic mass is 32.2. The van der Waals surface area contributed by atoms with Gasteiger partial charge < -0.3 is 0 Å². The van der Waals surface area contributed by atoms with Crippen molar-refractivity contribution in [2.75, 3.05) is 6.54 Å². The topological polar surface area (TPSA) is 49.7 Å². The average Bonchev–Trinajstić information content (AvgIpc) is 2.67. The van der Waals surface area contributed by atoms with Crippen molar-refractivity contribution in [3.63, 3.8) is 0 Å². The minimum absolute atomic E-state index is 0.287. The summed E-state index contributed by atoms with van der Waals surface area (Å²) in [5.41, 5.74) is 3.16. The van der Waals surface area contributed by atoms with Gasteiger partial charge in [0.2, 0.25) is 0 Å². The summed E-state index contributed by atoms with van der Waals surface area (Å²) < 4.78 is 26.8. The SMILES string of the molecule is CCCCc1ccc(C2=NN(S(=O)(=O)c3ccccc3)CCC2)cc1. The van der Waals surface area contributed by atoms with Gasteiger partial charge in [0.15, 0.2) is 0 Å². The summed E-state index contributed by atoms with van der Waals surface area (Å²) in [4.78, 5) is 0.287. The molecule has 1 aliphatic heterocycles. The fraction of sp³-hybridized carbons (Fsp3) is 0.350. The minimum atomic E-state index is -3.58. The van der Waals surface area contributed by atoms with Crippen LogP contribution in [0.2, 0.25) is 0 Å². The molecule has 1 aliphatic rings. The number of hydrazone groups is 1. The van der Waals surface area contributed by atoms with Crippen molar-refractivity contribution in [3.05, 3.63) is 65.7 Å². The molecule has 0 radical (unpaired) electrons. The molecule has 0 atom stereocenters. The molecule has 0 aromatic heterocycles. The molecule has 0 N–H and O–H groups in total. The van der Waals surface area contributed by atoms with E-state index in [9.17, 15) is 8.42 Å². The molecular weight excluding hydrogens is 332 g/mol. The van der Waals surface area contributed by atoms with E-state index in [2.05, 4.69) is 36.3 Å². The molecule has 0 fully saturated rings. The number of benzene rings is 2. The Morgan fingerprint density at radius 3 is 2.44 bits per heavy atom. The van der Waals surface area contributed by atoms with Gasteiger partial charge in [0.05, 0.1) is 17.2 Å². The molecule has 0 aliphatic carbocycles. The van der Waals surface area contributed by atoms with E-state index in [0.717, 1.165) is 30.5 Å². The summed E-state index contributed by atoms with van der Waals surface area (Å²) >= 11 is 0. The van der Waals surface area contributed by atoms with E-state index in [0.29, 0.717) is 6.54 Å². The van der Waals surface area contributed by atoms with E-state index in [1.807, 2.05) is 6.07 Å². The monoisotopic (exact) mass is 356 g/mol. The van der Waals surface area contributed by atoms with Crippen LogP contribution in [0.5, 0.6) is 0 Å². The molecule has 1 heterocycles. The third-order valence-corrected chi connectivity index (χ3v) is 6.11. The van der Waals surface area contributed by atoms with Crippen molar-refractivity contribution in [1.82, 2.24) is 4.41 Å². The van der Waals surface area contributed by atoms with Gasteiger partial charge in [-0.1, -0.05) is 55.8 Å². The van der Waals surface area contributed by atoms with Crippen molar-refractivity contribution in [3.8, 4) is 0 Å². The number of hydrogen-bond acceptors (Lipinski definition) is 3. The van der Waals surface area contributed by atoms with E-state index < -0.39 is 10.0 Å². The van der Waals surface area contributed by atoms with E-state index >= 15 is 0 Å². The number of rotatable bonds is 6. The van der Waals surface area contributed by atoms with Crippen LogP contribution in [0.3, 0.4) is 0 Å². The standard InChI is InChI=1S/C20H24N2O2S/c1-2-3-8-17-12-14-18(15-13-17)20-11-7-16-22(21-20)25(23,24)19-9-5-4-6-10-19/h4-6,9-10,12-15H,2-3,7-8,11,16H2,1H3. The molecule has 2 aromatic carbocycles. The van der Waals surface area contributed by atoms with Crippen LogP contribution in [0.4, 0.5) is 0 Å². The Morgan fingerprint density at radius 1 is 1.04 bits per heavy atom. The van der Waals surface area contributed by atoms with Crippen molar-refractivity contribution in [1.29, 1.82) is 0 Å². The van der Waals surface area contributed by atoms with Gasteiger partial charge in [-0.2, -0.15) is 17.9 Å². The van der Waals surface area contributed by atoms with Crippen LogP contribution in [0.25, 0.3) is 0 Å². The van der Waals surface area contributed by atoms with Crippen LogP contribution in [0.1, 0.15) is 43.7 Å². The molecule has 132 valence electrons. The zero-order chi connectivity index (χ0) is 17.7. The van der Waals surface area contributed by atoms with Crippen molar-refractivity contribution in [2.45, 2.75) is 43.9 Å². The van der Waals surface area contributed by atoms with Crippen LogP contribution < -0.4 is 0 Å². The van der Waals surface area contributed by atoms with Gasteiger partial charge in [0.25, 0.3) is 10.0 Å². The van der Waals surface area contributed by atoms with Crippen LogP contribution in [-0.4, -0.2) is 25.1 Å². The fourth-order valence-corrected chi connectivity index (χ4v) is 4.27. The zero-order valence-corrected chi connectivity index (χ0v) is 15.4.